The van der Waals surface area contributed by atoms with Crippen molar-refractivity contribution in [3.63, 3.8) is 0 Å². The fourth-order valence-electron chi connectivity index (χ4n) is 2.45. The first-order valence-corrected chi connectivity index (χ1v) is 7.64. The van der Waals surface area contributed by atoms with Gasteiger partial charge >= 0.3 is 0 Å². The molecule has 2 atom stereocenters. The lowest BCUT2D eigenvalue weighted by molar-refractivity contribution is 0.118. The predicted molar refractivity (Wildman–Crippen MR) is 74.2 cm³/mol. The summed E-state index contributed by atoms with van der Waals surface area (Å²) >= 11 is 1.74. The molecule has 1 aromatic rings. The number of likely N-dealkylation sites (N-methyl/N-ethyl adjacent to an activating group) is 1. The van der Waals surface area contributed by atoms with E-state index in [9.17, 15) is 0 Å². The second kappa shape index (κ2) is 5.15. The van der Waals surface area contributed by atoms with Gasteiger partial charge in [0.25, 0.3) is 0 Å². The summed E-state index contributed by atoms with van der Waals surface area (Å²) in [5.41, 5.74) is 1.17. The highest BCUT2D eigenvalue weighted by molar-refractivity contribution is 7.13. The summed E-state index contributed by atoms with van der Waals surface area (Å²) in [5, 5.41) is 6.79. The van der Waals surface area contributed by atoms with Gasteiger partial charge in [0, 0.05) is 31.6 Å². The summed E-state index contributed by atoms with van der Waals surface area (Å²) in [6.07, 6.45) is 4.07. The first kappa shape index (κ1) is 12.4. The maximum atomic E-state index is 5.62. The van der Waals surface area contributed by atoms with E-state index in [1.165, 1.54) is 18.5 Å². The monoisotopic (exact) mass is 267 g/mol. The molecule has 100 valence electrons. The zero-order valence-corrected chi connectivity index (χ0v) is 11.9. The van der Waals surface area contributed by atoms with Crippen LogP contribution in [0.5, 0.6) is 0 Å². The molecule has 4 nitrogen and oxygen atoms in total. The number of hydrogen-bond acceptors (Lipinski definition) is 5. The minimum atomic E-state index is 0.312. The minimum absolute atomic E-state index is 0.312. The Morgan fingerprint density at radius 3 is 3.00 bits per heavy atom. The van der Waals surface area contributed by atoms with Crippen LogP contribution in [-0.4, -0.2) is 36.8 Å². The molecule has 5 heteroatoms. The van der Waals surface area contributed by atoms with Gasteiger partial charge in [-0.3, -0.25) is 0 Å². The highest BCUT2D eigenvalue weighted by atomic mass is 32.1. The van der Waals surface area contributed by atoms with E-state index in [4.69, 9.17) is 9.72 Å². The van der Waals surface area contributed by atoms with Gasteiger partial charge in [0.15, 0.2) is 5.13 Å². The van der Waals surface area contributed by atoms with Gasteiger partial charge < -0.3 is 15.0 Å². The normalized spacial score (nSPS) is 27.7. The molecule has 1 aliphatic carbocycles. The average molecular weight is 267 g/mol. The summed E-state index contributed by atoms with van der Waals surface area (Å²) in [4.78, 5) is 7.00. The molecule has 1 saturated heterocycles. The van der Waals surface area contributed by atoms with E-state index < -0.39 is 0 Å². The van der Waals surface area contributed by atoms with Crippen molar-refractivity contribution in [1.29, 1.82) is 0 Å². The Hall–Kier alpha value is -0.650. The fraction of sp³-hybridized carbons (Fsp3) is 0.769. The Bertz CT molecular complexity index is 405. The third-order valence-electron chi connectivity index (χ3n) is 3.82. The van der Waals surface area contributed by atoms with Crippen LogP contribution in [0, 0.1) is 0 Å². The molecule has 2 heterocycles. The molecular weight excluding hydrogens is 246 g/mol. The molecule has 2 aliphatic rings. The van der Waals surface area contributed by atoms with Gasteiger partial charge in [0.05, 0.1) is 17.8 Å². The second-order valence-electron chi connectivity index (χ2n) is 5.32. The lowest BCUT2D eigenvalue weighted by Crippen LogP contribution is -2.36. The van der Waals surface area contributed by atoms with Gasteiger partial charge in [-0.25, -0.2) is 4.98 Å². The molecular formula is C13H21N3OS. The molecule has 0 spiro atoms. The van der Waals surface area contributed by atoms with Crippen molar-refractivity contribution in [3.8, 4) is 0 Å². The first-order chi connectivity index (χ1) is 8.74. The van der Waals surface area contributed by atoms with Crippen LogP contribution in [0.1, 0.15) is 31.9 Å². The van der Waals surface area contributed by atoms with Crippen LogP contribution in [-0.2, 0) is 11.3 Å². The quantitative estimate of drug-likeness (QED) is 0.885. The molecule has 0 amide bonds. The molecule has 0 radical (unpaired) electrons. The van der Waals surface area contributed by atoms with E-state index in [1.54, 1.807) is 11.3 Å². The number of rotatable bonds is 5. The maximum absolute atomic E-state index is 5.62. The van der Waals surface area contributed by atoms with Crippen LogP contribution < -0.4 is 10.2 Å². The average Bonchev–Trinajstić information content (AvgIpc) is 2.90. The molecule has 1 aliphatic heterocycles. The molecule has 1 saturated carbocycles. The summed E-state index contributed by atoms with van der Waals surface area (Å²) < 4.78 is 5.62. The van der Waals surface area contributed by atoms with Crippen LogP contribution in [0.2, 0.25) is 0 Å². The Kier molecular flexibility index (Phi) is 3.54. The van der Waals surface area contributed by atoms with E-state index >= 15 is 0 Å². The number of ether oxygens (including phenoxy) is 1. The third-order valence-corrected chi connectivity index (χ3v) is 4.80. The van der Waals surface area contributed by atoms with Gasteiger partial charge in [0.1, 0.15) is 0 Å². The highest BCUT2D eigenvalue weighted by Crippen LogP contribution is 2.27. The van der Waals surface area contributed by atoms with E-state index in [1.807, 2.05) is 0 Å². The van der Waals surface area contributed by atoms with Crippen molar-refractivity contribution in [2.75, 3.05) is 18.6 Å². The van der Waals surface area contributed by atoms with E-state index in [-0.39, 0.29) is 0 Å². The lowest BCUT2D eigenvalue weighted by atomic mass is 10.1. The van der Waals surface area contributed by atoms with Gasteiger partial charge in [-0.05, 0) is 26.2 Å². The minimum Gasteiger partial charge on any atom is -0.376 e. The Balaban J connectivity index is 1.60. The molecule has 0 aromatic carbocycles. The lowest BCUT2D eigenvalue weighted by Gasteiger charge is -2.26. The predicted octanol–water partition coefficient (Wildman–Crippen LogP) is 2.01. The fourth-order valence-corrected chi connectivity index (χ4v) is 3.30. The number of nitrogens with zero attached hydrogens (tertiary/aromatic N) is 2. The van der Waals surface area contributed by atoms with Crippen molar-refractivity contribution < 1.29 is 4.74 Å². The number of thiazole rings is 1. The van der Waals surface area contributed by atoms with Crippen LogP contribution in [0.3, 0.4) is 0 Å². The number of hydrogen-bond donors (Lipinski definition) is 1. The molecule has 18 heavy (non-hydrogen) atoms. The van der Waals surface area contributed by atoms with Gasteiger partial charge in [0.2, 0.25) is 0 Å². The SMILES string of the molecule is CC1OCCC1N(C)c1nc(CNC2CC2)cs1. The van der Waals surface area contributed by atoms with Crippen molar-refractivity contribution in [2.45, 2.75) is 50.9 Å². The van der Waals surface area contributed by atoms with E-state index in [2.05, 4.69) is 29.6 Å². The largest absolute Gasteiger partial charge is 0.376 e. The zero-order chi connectivity index (χ0) is 12.5. The third kappa shape index (κ3) is 2.68. The summed E-state index contributed by atoms with van der Waals surface area (Å²) in [6, 6.07) is 1.22. The van der Waals surface area contributed by atoms with Crippen molar-refractivity contribution in [3.05, 3.63) is 11.1 Å². The highest BCUT2D eigenvalue weighted by Gasteiger charge is 2.29. The Morgan fingerprint density at radius 1 is 1.50 bits per heavy atom. The van der Waals surface area contributed by atoms with Gasteiger partial charge in [-0.15, -0.1) is 11.3 Å². The summed E-state index contributed by atoms with van der Waals surface area (Å²) in [5.74, 6) is 0. The summed E-state index contributed by atoms with van der Waals surface area (Å²) in [7, 11) is 2.13. The number of aromatic nitrogens is 1. The van der Waals surface area contributed by atoms with Crippen molar-refractivity contribution >= 4 is 16.5 Å². The first-order valence-electron chi connectivity index (χ1n) is 6.76. The zero-order valence-electron chi connectivity index (χ0n) is 11.1. The Labute approximate surface area is 112 Å². The van der Waals surface area contributed by atoms with Crippen LogP contribution in [0.25, 0.3) is 0 Å². The Morgan fingerprint density at radius 2 is 2.33 bits per heavy atom. The molecule has 2 fully saturated rings. The van der Waals surface area contributed by atoms with Crippen LogP contribution >= 0.6 is 11.3 Å². The molecule has 2 unspecified atom stereocenters. The van der Waals surface area contributed by atoms with E-state index in [0.717, 1.165) is 30.7 Å². The number of nitrogens with one attached hydrogen (secondary N) is 1. The summed E-state index contributed by atoms with van der Waals surface area (Å²) in [6.45, 7) is 3.93. The maximum Gasteiger partial charge on any atom is 0.185 e. The molecule has 1 N–H and O–H groups in total. The van der Waals surface area contributed by atoms with Crippen molar-refractivity contribution in [2.24, 2.45) is 0 Å². The van der Waals surface area contributed by atoms with Gasteiger partial charge in [-0.2, -0.15) is 0 Å². The van der Waals surface area contributed by atoms with Gasteiger partial charge in [-0.1, -0.05) is 0 Å². The van der Waals surface area contributed by atoms with E-state index in [0.29, 0.717) is 12.1 Å². The van der Waals surface area contributed by atoms with Crippen LogP contribution in [0.4, 0.5) is 5.13 Å². The topological polar surface area (TPSA) is 37.4 Å². The standard InChI is InChI=1S/C13H21N3OS/c1-9-12(5-6-17-9)16(2)13-15-11(8-18-13)7-14-10-3-4-10/h8-10,12,14H,3-7H2,1-2H3. The van der Waals surface area contributed by atoms with Crippen molar-refractivity contribution in [1.82, 2.24) is 10.3 Å². The second-order valence-corrected chi connectivity index (χ2v) is 6.16. The van der Waals surface area contributed by atoms with Crippen LogP contribution in [0.15, 0.2) is 5.38 Å². The molecule has 1 aromatic heterocycles. The molecule has 0 bridgehead atoms. The smallest absolute Gasteiger partial charge is 0.185 e. The molecule has 3 rings (SSSR count). The number of anilines is 1.